The van der Waals surface area contributed by atoms with Crippen LogP contribution in [0.15, 0.2) is 120 Å². The second-order valence-corrected chi connectivity index (χ2v) is 11.9. The van der Waals surface area contributed by atoms with Crippen LogP contribution in [0.5, 0.6) is 5.75 Å². The molecule has 0 saturated heterocycles. The summed E-state index contributed by atoms with van der Waals surface area (Å²) in [7, 11) is 8.31. The smallest absolute Gasteiger partial charge is 0.143 e. The lowest BCUT2D eigenvalue weighted by atomic mass is 9.64. The van der Waals surface area contributed by atoms with Crippen molar-refractivity contribution in [2.24, 2.45) is 0 Å². The van der Waals surface area contributed by atoms with Gasteiger partial charge in [0.15, 0.2) is 0 Å². The van der Waals surface area contributed by atoms with Gasteiger partial charge in [0, 0.05) is 16.3 Å². The number of hydrogen-bond acceptors (Lipinski definition) is 2. The van der Waals surface area contributed by atoms with E-state index in [4.69, 9.17) is 4.42 Å². The molecule has 44 heavy (non-hydrogen) atoms. The first-order valence-electron chi connectivity index (χ1n) is 15.2. The van der Waals surface area contributed by atoms with Crippen LogP contribution in [0.3, 0.4) is 0 Å². The van der Waals surface area contributed by atoms with Gasteiger partial charge < -0.3 is 9.52 Å². The number of furan rings is 1. The van der Waals surface area contributed by atoms with Crippen molar-refractivity contribution >= 4 is 96.7 Å². The zero-order valence-electron chi connectivity index (χ0n) is 25.3. The Morgan fingerprint density at radius 2 is 0.977 bits per heavy atom. The number of para-hydroxylation sites is 1. The third kappa shape index (κ3) is 3.80. The van der Waals surface area contributed by atoms with Crippen molar-refractivity contribution in [1.29, 1.82) is 0 Å². The van der Waals surface area contributed by atoms with Crippen LogP contribution in [0.1, 0.15) is 0 Å². The van der Waals surface area contributed by atoms with Crippen molar-refractivity contribution in [3.8, 4) is 39.1 Å². The standard InChI is InChI=1S/C38H28B4O2/c39-33-32(34(40)36(42)37(43)35(33)41)31-25-13-6-4-11-23(25)30(24-12-5-7-14-26(24)31)21-17-18-29-28(19-21)27-16-8-15-22(38(27)44-29)20-9-2-1-3-10-20/h1-19,43H,39-42H2. The molecule has 7 aromatic carbocycles. The Kier molecular flexibility index (Phi) is 6.03. The monoisotopic (exact) mass is 560 g/mol. The molecule has 0 fully saturated rings. The van der Waals surface area contributed by atoms with Gasteiger partial charge in [-0.15, -0.1) is 0 Å². The highest BCUT2D eigenvalue weighted by molar-refractivity contribution is 6.61. The summed E-state index contributed by atoms with van der Waals surface area (Å²) >= 11 is 0. The summed E-state index contributed by atoms with van der Waals surface area (Å²) in [6, 6.07) is 41.0. The third-order valence-electron chi connectivity index (χ3n) is 9.64. The molecule has 204 valence electrons. The summed E-state index contributed by atoms with van der Waals surface area (Å²) in [6.45, 7) is 0. The lowest BCUT2D eigenvalue weighted by Gasteiger charge is -2.23. The van der Waals surface area contributed by atoms with E-state index < -0.39 is 0 Å². The van der Waals surface area contributed by atoms with Crippen molar-refractivity contribution in [1.82, 2.24) is 0 Å². The van der Waals surface area contributed by atoms with Gasteiger partial charge in [0.1, 0.15) is 48.3 Å². The summed E-state index contributed by atoms with van der Waals surface area (Å²) in [5, 5.41) is 17.9. The highest BCUT2D eigenvalue weighted by Gasteiger charge is 2.22. The number of rotatable bonds is 3. The molecule has 1 aromatic heterocycles. The summed E-state index contributed by atoms with van der Waals surface area (Å²) in [5.41, 5.74) is 13.0. The molecule has 0 bridgehead atoms. The predicted octanol–water partition coefficient (Wildman–Crippen LogP) is 3.63. The molecule has 0 aliphatic heterocycles. The first kappa shape index (κ1) is 26.5. The molecule has 6 heteroatoms. The number of hydrogen-bond donors (Lipinski definition) is 1. The average Bonchev–Trinajstić information content (AvgIpc) is 3.45. The Morgan fingerprint density at radius 1 is 0.432 bits per heavy atom. The number of fused-ring (bicyclic) bond motifs is 5. The Hall–Kier alpha value is -5.08. The third-order valence-corrected chi connectivity index (χ3v) is 9.64. The minimum absolute atomic E-state index is 0.394. The maximum Gasteiger partial charge on any atom is 0.143 e. The van der Waals surface area contributed by atoms with Gasteiger partial charge in [-0.05, 0) is 61.5 Å². The zero-order chi connectivity index (χ0) is 30.1. The SMILES string of the molecule is Bc1c(B)c(-c2c3ccccc3c(-c3ccc4oc5c(-c6ccccc6)cccc5c4c3)c3ccccc23)c(B)c(B)c1O. The van der Waals surface area contributed by atoms with E-state index in [1.165, 1.54) is 38.2 Å². The van der Waals surface area contributed by atoms with Gasteiger partial charge in [0.2, 0.25) is 0 Å². The van der Waals surface area contributed by atoms with Gasteiger partial charge in [-0.1, -0.05) is 125 Å². The largest absolute Gasteiger partial charge is 0.509 e. The van der Waals surface area contributed by atoms with E-state index in [-0.39, 0.29) is 0 Å². The van der Waals surface area contributed by atoms with Crippen molar-refractivity contribution in [2.45, 2.75) is 0 Å². The van der Waals surface area contributed by atoms with Gasteiger partial charge >= 0.3 is 0 Å². The van der Waals surface area contributed by atoms with E-state index in [9.17, 15) is 5.11 Å². The lowest BCUT2D eigenvalue weighted by molar-refractivity contribution is 0.484. The highest BCUT2D eigenvalue weighted by atomic mass is 16.3. The zero-order valence-corrected chi connectivity index (χ0v) is 25.3. The second-order valence-electron chi connectivity index (χ2n) is 11.9. The molecular formula is C38H28B4O2. The summed E-state index contributed by atoms with van der Waals surface area (Å²) < 4.78 is 6.52. The van der Waals surface area contributed by atoms with E-state index in [1.54, 1.807) is 0 Å². The normalized spacial score (nSPS) is 11.6. The van der Waals surface area contributed by atoms with Crippen molar-refractivity contribution in [3.05, 3.63) is 115 Å². The van der Waals surface area contributed by atoms with Gasteiger partial charge in [-0.25, -0.2) is 0 Å². The van der Waals surface area contributed by atoms with E-state index >= 15 is 0 Å². The molecule has 0 aliphatic rings. The van der Waals surface area contributed by atoms with Crippen molar-refractivity contribution < 1.29 is 9.52 Å². The van der Waals surface area contributed by atoms with E-state index in [2.05, 4.69) is 125 Å². The van der Waals surface area contributed by atoms with Crippen LogP contribution in [0, 0.1) is 0 Å². The van der Waals surface area contributed by atoms with Crippen LogP contribution in [0.4, 0.5) is 0 Å². The molecule has 0 saturated carbocycles. The molecule has 0 amide bonds. The maximum atomic E-state index is 10.9. The fraction of sp³-hybridized carbons (Fsp3) is 0. The maximum absolute atomic E-state index is 10.9. The van der Waals surface area contributed by atoms with Crippen LogP contribution in [0.2, 0.25) is 0 Å². The molecule has 1 N–H and O–H groups in total. The number of phenolic OH excluding ortho intramolecular Hbond substituents is 1. The van der Waals surface area contributed by atoms with Crippen LogP contribution < -0.4 is 21.9 Å². The van der Waals surface area contributed by atoms with Gasteiger partial charge in [-0.3, -0.25) is 0 Å². The van der Waals surface area contributed by atoms with Crippen molar-refractivity contribution in [3.63, 3.8) is 0 Å². The summed E-state index contributed by atoms with van der Waals surface area (Å²) in [4.78, 5) is 0. The minimum Gasteiger partial charge on any atom is -0.509 e. The average molecular weight is 560 g/mol. The summed E-state index contributed by atoms with van der Waals surface area (Å²) in [6.07, 6.45) is 0. The number of benzene rings is 7. The Bertz CT molecular complexity index is 2360. The summed E-state index contributed by atoms with van der Waals surface area (Å²) in [5.74, 6) is 0.394. The van der Waals surface area contributed by atoms with E-state index in [0.717, 1.165) is 60.5 Å². The lowest BCUT2D eigenvalue weighted by Crippen LogP contribution is -2.42. The molecular weight excluding hydrogens is 532 g/mol. The first-order chi connectivity index (χ1) is 21.4. The van der Waals surface area contributed by atoms with Gasteiger partial charge in [0.25, 0.3) is 0 Å². The topological polar surface area (TPSA) is 33.4 Å². The molecule has 0 unspecified atom stereocenters. The van der Waals surface area contributed by atoms with Crippen LogP contribution in [-0.4, -0.2) is 36.5 Å². The minimum atomic E-state index is 0.394. The Balaban J connectivity index is 1.45. The second kappa shape index (κ2) is 9.99. The van der Waals surface area contributed by atoms with Crippen molar-refractivity contribution in [2.75, 3.05) is 0 Å². The highest BCUT2D eigenvalue weighted by Crippen LogP contribution is 2.44. The van der Waals surface area contributed by atoms with E-state index in [1.807, 2.05) is 21.8 Å². The number of phenols is 1. The Morgan fingerprint density at radius 3 is 1.59 bits per heavy atom. The molecule has 8 rings (SSSR count). The van der Waals surface area contributed by atoms with E-state index in [0.29, 0.717) is 5.75 Å². The van der Waals surface area contributed by atoms with Gasteiger partial charge in [-0.2, -0.15) is 0 Å². The first-order valence-corrected chi connectivity index (χ1v) is 15.2. The molecule has 1 heterocycles. The molecule has 0 aliphatic carbocycles. The van der Waals surface area contributed by atoms with Crippen LogP contribution >= 0.6 is 0 Å². The molecule has 0 radical (unpaired) electrons. The fourth-order valence-corrected chi connectivity index (χ4v) is 7.18. The molecule has 0 spiro atoms. The number of aromatic hydroxyl groups is 1. The molecule has 2 nitrogen and oxygen atoms in total. The predicted molar refractivity (Wildman–Crippen MR) is 199 cm³/mol. The Labute approximate surface area is 260 Å². The molecule has 8 aromatic rings. The van der Waals surface area contributed by atoms with Crippen LogP contribution in [-0.2, 0) is 0 Å². The van der Waals surface area contributed by atoms with Gasteiger partial charge in [0.05, 0.1) is 0 Å². The molecule has 0 atom stereocenters. The fourth-order valence-electron chi connectivity index (χ4n) is 7.18. The quantitative estimate of drug-likeness (QED) is 0.265. The van der Waals surface area contributed by atoms with Crippen LogP contribution in [0.25, 0.3) is 76.9 Å².